The molecule has 0 atom stereocenters. The molecule has 0 rings (SSSR count). The summed E-state index contributed by atoms with van der Waals surface area (Å²) in [6.07, 6.45) is 2.01. The van der Waals surface area contributed by atoms with Crippen LogP contribution in [-0.2, 0) is 28.8 Å². The Hall–Kier alpha value is -4.69. The maximum atomic E-state index is 9.55. The minimum absolute atomic E-state index is 0.558. The van der Waals surface area contributed by atoms with Crippen molar-refractivity contribution in [2.75, 3.05) is 0 Å². The average molecular weight is 409 g/mol. The lowest BCUT2D eigenvalue weighted by Gasteiger charge is -1.74. The summed E-state index contributed by atoms with van der Waals surface area (Å²) in [7, 11) is 0. The van der Waals surface area contributed by atoms with Crippen molar-refractivity contribution in [2.45, 2.75) is 0 Å². The molecule has 0 aliphatic carbocycles. The van der Waals surface area contributed by atoms with Crippen molar-refractivity contribution in [3.8, 4) is 0 Å². The minimum atomic E-state index is -1.33. The van der Waals surface area contributed by atoms with E-state index < -0.39 is 41.9 Å². The van der Waals surface area contributed by atoms with Gasteiger partial charge in [-0.2, -0.15) is 0 Å². The third-order valence-corrected chi connectivity index (χ3v) is 1.11. The van der Waals surface area contributed by atoms with E-state index in [-0.39, 0.29) is 0 Å². The Balaban J connectivity index is -0.000000141. The van der Waals surface area contributed by atoms with Gasteiger partial charge in [0.2, 0.25) is 0 Å². The second-order valence-electron chi connectivity index (χ2n) is 3.37. The van der Waals surface area contributed by atoms with Crippen LogP contribution in [0, 0.1) is 0 Å². The highest BCUT2D eigenvalue weighted by molar-refractivity contribution is 5.90. The van der Waals surface area contributed by atoms with Crippen LogP contribution in [-0.4, -0.2) is 77.7 Å². The molecule has 0 aromatic carbocycles. The summed E-state index contributed by atoms with van der Waals surface area (Å²) >= 11 is 0. The first kappa shape index (κ1) is 31.1. The fourth-order valence-electron chi connectivity index (χ4n) is 0.428. The Kier molecular flexibility index (Phi) is 22.6. The molecular formula is C13H15NO14. The molecule has 0 aliphatic rings. The van der Waals surface area contributed by atoms with Gasteiger partial charge >= 0.3 is 41.9 Å². The first-order chi connectivity index (χ1) is 12.6. The summed E-state index contributed by atoms with van der Waals surface area (Å²) < 4.78 is 0. The third-order valence-electron chi connectivity index (χ3n) is 1.11. The Bertz CT molecular complexity index is 525. The second-order valence-corrected chi connectivity index (χ2v) is 3.37. The van der Waals surface area contributed by atoms with Gasteiger partial charge in [-0.3, -0.25) is 0 Å². The summed E-state index contributed by atoms with van der Waals surface area (Å²) in [5.41, 5.74) is 4.03. The Morgan fingerprint density at radius 2 is 0.464 bits per heavy atom. The number of hydrogen-bond donors (Lipinski definition) is 8. The Labute approximate surface area is 154 Å². The summed E-state index contributed by atoms with van der Waals surface area (Å²) in [4.78, 5) is 66.1. The number of carbonyl (C=O) groups is 7. The van der Waals surface area contributed by atoms with E-state index in [9.17, 15) is 28.8 Å². The molecule has 0 bridgehead atoms. The van der Waals surface area contributed by atoms with Crippen LogP contribution in [0.3, 0.4) is 0 Å². The maximum Gasteiger partial charge on any atom is 0.402 e. The molecule has 0 spiro atoms. The van der Waals surface area contributed by atoms with Crippen LogP contribution in [0.2, 0.25) is 0 Å². The van der Waals surface area contributed by atoms with Crippen LogP contribution in [0.1, 0.15) is 0 Å². The lowest BCUT2D eigenvalue weighted by atomic mass is 10.5. The van der Waals surface area contributed by atoms with Crippen molar-refractivity contribution in [1.82, 2.24) is 0 Å². The van der Waals surface area contributed by atoms with Crippen LogP contribution < -0.4 is 5.73 Å². The van der Waals surface area contributed by atoms with Crippen molar-refractivity contribution in [3.63, 3.8) is 0 Å². The van der Waals surface area contributed by atoms with Crippen molar-refractivity contribution < 1.29 is 69.3 Å². The fraction of sp³-hybridized carbons (Fsp3) is 0. The van der Waals surface area contributed by atoms with Crippen LogP contribution in [0.25, 0.3) is 0 Å². The van der Waals surface area contributed by atoms with Gasteiger partial charge in [0.25, 0.3) is 0 Å². The molecule has 0 aromatic heterocycles. The minimum Gasteiger partial charge on any atom is -0.478 e. The molecule has 156 valence electrons. The van der Waals surface area contributed by atoms with Crippen LogP contribution in [0.5, 0.6) is 0 Å². The highest BCUT2D eigenvalue weighted by Crippen LogP contribution is 1.71. The van der Waals surface area contributed by atoms with Gasteiger partial charge in [-0.05, 0) is 0 Å². The second kappa shape index (κ2) is 20.4. The fourth-order valence-corrected chi connectivity index (χ4v) is 0.428. The number of carboxylic acid groups (broad SMARTS) is 7. The normalized spacial score (nSPS) is 9.00. The van der Waals surface area contributed by atoms with Gasteiger partial charge in [-0.1, -0.05) is 0 Å². The molecule has 0 unspecified atom stereocenters. The van der Waals surface area contributed by atoms with Crippen molar-refractivity contribution in [1.29, 1.82) is 0 Å². The smallest absolute Gasteiger partial charge is 0.402 e. The highest BCUT2D eigenvalue weighted by Gasteiger charge is 1.89. The molecule has 9 N–H and O–H groups in total. The Morgan fingerprint density at radius 3 is 0.500 bits per heavy atom. The number of nitrogens with two attached hydrogens (primary N) is 1. The summed E-state index contributed by atoms with van der Waals surface area (Å²) in [6, 6.07) is 0. The van der Waals surface area contributed by atoms with Crippen LogP contribution in [0.15, 0.2) is 36.5 Å². The summed E-state index contributed by atoms with van der Waals surface area (Å²) in [6.45, 7) is 0. The average Bonchev–Trinajstić information content (AvgIpc) is 2.49. The van der Waals surface area contributed by atoms with E-state index in [1.165, 1.54) is 0 Å². The number of aliphatic carboxylic acids is 6. The zero-order valence-corrected chi connectivity index (χ0v) is 13.5. The lowest BCUT2D eigenvalue weighted by Crippen LogP contribution is -2.03. The number of carboxylic acids is 6. The predicted molar refractivity (Wildman–Crippen MR) is 85.4 cm³/mol. The van der Waals surface area contributed by atoms with E-state index in [2.05, 4.69) is 5.73 Å². The molecule has 1 amide bonds. The predicted octanol–water partition coefficient (Wildman–Crippen LogP) is -1.24. The molecule has 0 heterocycles. The Morgan fingerprint density at radius 1 is 0.393 bits per heavy atom. The molecule has 0 radical (unpaired) electrons. The molecule has 0 aromatic rings. The van der Waals surface area contributed by atoms with E-state index in [1.807, 2.05) is 0 Å². The molecule has 15 heteroatoms. The van der Waals surface area contributed by atoms with Crippen LogP contribution in [0.4, 0.5) is 4.79 Å². The van der Waals surface area contributed by atoms with Gasteiger partial charge in [-0.15, -0.1) is 0 Å². The van der Waals surface area contributed by atoms with Crippen molar-refractivity contribution >= 4 is 41.9 Å². The first-order valence-corrected chi connectivity index (χ1v) is 6.01. The summed E-state index contributed by atoms with van der Waals surface area (Å²) in [5.74, 6) is -7.54. The molecule has 0 fully saturated rings. The maximum absolute atomic E-state index is 9.55. The molecule has 28 heavy (non-hydrogen) atoms. The van der Waals surface area contributed by atoms with Gasteiger partial charge in [0, 0.05) is 36.5 Å². The molecule has 0 aliphatic heterocycles. The van der Waals surface area contributed by atoms with Gasteiger partial charge in [0.15, 0.2) is 0 Å². The van der Waals surface area contributed by atoms with E-state index >= 15 is 0 Å². The van der Waals surface area contributed by atoms with Gasteiger partial charge < -0.3 is 41.5 Å². The van der Waals surface area contributed by atoms with Crippen molar-refractivity contribution in [3.05, 3.63) is 36.5 Å². The number of amides is 1. The quantitative estimate of drug-likeness (QED) is 0.238. The number of rotatable bonds is 6. The number of hydrogen-bond acceptors (Lipinski definition) is 7. The zero-order valence-electron chi connectivity index (χ0n) is 13.5. The van der Waals surface area contributed by atoms with Crippen molar-refractivity contribution in [2.24, 2.45) is 5.73 Å². The monoisotopic (exact) mass is 409 g/mol. The van der Waals surface area contributed by atoms with Gasteiger partial charge in [0.05, 0.1) is 0 Å². The van der Waals surface area contributed by atoms with E-state index in [4.69, 9.17) is 40.5 Å². The highest BCUT2D eigenvalue weighted by atomic mass is 16.4. The lowest BCUT2D eigenvalue weighted by molar-refractivity contribution is -0.134. The standard InChI is InChI=1S/3C4H4O4.CH3NO2/c3*5-3(6)1-2-4(7)8;2-1(3)4/h3*1-2H,(H,5,6)(H,7,8);2H2,(H,3,4)/b3*2-1-;. The molecule has 0 saturated carbocycles. The topological polar surface area (TPSA) is 287 Å². The molecular weight excluding hydrogens is 394 g/mol. The molecule has 0 saturated heterocycles. The van der Waals surface area contributed by atoms with Crippen LogP contribution >= 0.6 is 0 Å². The van der Waals surface area contributed by atoms with E-state index in [0.29, 0.717) is 36.5 Å². The van der Waals surface area contributed by atoms with E-state index in [1.54, 1.807) is 0 Å². The van der Waals surface area contributed by atoms with Gasteiger partial charge in [0.1, 0.15) is 0 Å². The molecule has 15 nitrogen and oxygen atoms in total. The van der Waals surface area contributed by atoms with Gasteiger partial charge in [-0.25, -0.2) is 33.6 Å². The third kappa shape index (κ3) is 82.7. The SMILES string of the molecule is NC(=O)O.O=C(O)/C=C\C(=O)O.O=C(O)/C=C\C(=O)O.O=C(O)/C=C\C(=O)O. The largest absolute Gasteiger partial charge is 0.478 e. The van der Waals surface area contributed by atoms with E-state index in [0.717, 1.165) is 0 Å². The summed E-state index contributed by atoms with van der Waals surface area (Å²) in [5, 5.41) is 54.1. The zero-order chi connectivity index (χ0) is 23.3. The number of primary amides is 1. The first-order valence-electron chi connectivity index (χ1n) is 6.01.